The van der Waals surface area contributed by atoms with Crippen molar-refractivity contribution in [2.24, 2.45) is 5.92 Å². The maximum atomic E-state index is 11.9. The standard InChI is InChI=1S/C27H42N4O/c1-3-30(22(2)32)20-17-27-28-25-13-9-10-14-26(25)31(27)24-15-18-29(19-16-24)21-23-11-7-5-4-6-8-12-23/h9-10,13-14,23-24H,3-8,11-12,15-21H2,1-2H3. The molecule has 4 rings (SSSR count). The number of imidazole rings is 1. The van der Waals surface area contributed by atoms with Gasteiger partial charge in [-0.15, -0.1) is 0 Å². The van der Waals surface area contributed by atoms with Crippen LogP contribution in [-0.2, 0) is 11.2 Å². The van der Waals surface area contributed by atoms with Crippen molar-refractivity contribution < 1.29 is 4.79 Å². The molecule has 5 nitrogen and oxygen atoms in total. The molecule has 1 aromatic carbocycles. The van der Waals surface area contributed by atoms with E-state index in [9.17, 15) is 4.79 Å². The van der Waals surface area contributed by atoms with E-state index in [1.165, 1.54) is 82.9 Å². The number of benzene rings is 1. The summed E-state index contributed by atoms with van der Waals surface area (Å²) < 4.78 is 2.51. The first kappa shape index (κ1) is 23.3. The number of piperidine rings is 1. The third-order valence-corrected chi connectivity index (χ3v) is 7.76. The third kappa shape index (κ3) is 5.72. The highest BCUT2D eigenvalue weighted by Gasteiger charge is 2.26. The zero-order valence-corrected chi connectivity index (χ0v) is 20.3. The van der Waals surface area contributed by atoms with Crippen LogP contribution in [0.5, 0.6) is 0 Å². The number of hydrogen-bond donors (Lipinski definition) is 0. The van der Waals surface area contributed by atoms with Crippen molar-refractivity contribution in [2.75, 3.05) is 32.7 Å². The second kappa shape index (κ2) is 11.3. The minimum atomic E-state index is 0.151. The maximum Gasteiger partial charge on any atom is 0.219 e. The highest BCUT2D eigenvalue weighted by Crippen LogP contribution is 2.31. The van der Waals surface area contributed by atoms with Gasteiger partial charge in [0.2, 0.25) is 5.91 Å². The molecule has 0 unspecified atom stereocenters. The molecule has 1 saturated carbocycles. The fourth-order valence-corrected chi connectivity index (χ4v) is 5.90. The van der Waals surface area contributed by atoms with Gasteiger partial charge in [-0.05, 0) is 50.7 Å². The van der Waals surface area contributed by atoms with Crippen LogP contribution in [0.3, 0.4) is 0 Å². The van der Waals surface area contributed by atoms with Gasteiger partial charge in [-0.2, -0.15) is 0 Å². The van der Waals surface area contributed by atoms with E-state index in [0.717, 1.165) is 36.8 Å². The zero-order valence-electron chi connectivity index (χ0n) is 20.3. The molecule has 1 aliphatic heterocycles. The second-order valence-electron chi connectivity index (χ2n) is 9.98. The molecule has 32 heavy (non-hydrogen) atoms. The number of rotatable bonds is 7. The van der Waals surface area contributed by atoms with Gasteiger partial charge in [0.25, 0.3) is 0 Å². The molecule has 2 fully saturated rings. The van der Waals surface area contributed by atoms with E-state index >= 15 is 0 Å². The van der Waals surface area contributed by atoms with E-state index in [1.807, 2.05) is 4.90 Å². The topological polar surface area (TPSA) is 41.4 Å². The van der Waals surface area contributed by atoms with E-state index in [-0.39, 0.29) is 5.91 Å². The van der Waals surface area contributed by atoms with Crippen molar-refractivity contribution in [3.05, 3.63) is 30.1 Å². The van der Waals surface area contributed by atoms with Crippen LogP contribution in [0.15, 0.2) is 24.3 Å². The SMILES string of the molecule is CCN(CCc1nc2ccccc2n1C1CCN(CC2CCCCCCC2)CC1)C(C)=O. The number of aromatic nitrogens is 2. The van der Waals surface area contributed by atoms with Crippen molar-refractivity contribution >= 4 is 16.9 Å². The van der Waals surface area contributed by atoms with Crippen LogP contribution in [-0.4, -0.2) is 58.0 Å². The van der Waals surface area contributed by atoms with Crippen LogP contribution in [0.2, 0.25) is 0 Å². The molecule has 0 atom stereocenters. The lowest BCUT2D eigenvalue weighted by atomic mass is 9.90. The summed E-state index contributed by atoms with van der Waals surface area (Å²) in [4.78, 5) is 21.5. The first-order valence-corrected chi connectivity index (χ1v) is 13.1. The molecular formula is C27H42N4O. The van der Waals surface area contributed by atoms with E-state index in [0.29, 0.717) is 6.04 Å². The molecular weight excluding hydrogens is 396 g/mol. The van der Waals surface area contributed by atoms with E-state index in [1.54, 1.807) is 6.92 Å². The molecule has 1 aliphatic carbocycles. The fraction of sp³-hybridized carbons (Fsp3) is 0.704. The highest BCUT2D eigenvalue weighted by molar-refractivity contribution is 5.76. The lowest BCUT2D eigenvalue weighted by molar-refractivity contribution is -0.128. The molecule has 0 spiro atoms. The van der Waals surface area contributed by atoms with Crippen molar-refractivity contribution in [2.45, 2.75) is 84.1 Å². The Labute approximate surface area is 194 Å². The van der Waals surface area contributed by atoms with Crippen LogP contribution in [0.1, 0.15) is 83.5 Å². The van der Waals surface area contributed by atoms with Gasteiger partial charge >= 0.3 is 0 Å². The van der Waals surface area contributed by atoms with Gasteiger partial charge in [-0.3, -0.25) is 4.79 Å². The Morgan fingerprint density at radius 1 is 1.03 bits per heavy atom. The van der Waals surface area contributed by atoms with Gasteiger partial charge < -0.3 is 14.4 Å². The molecule has 1 aromatic heterocycles. The van der Waals surface area contributed by atoms with Gasteiger partial charge in [-0.1, -0.05) is 44.2 Å². The summed E-state index contributed by atoms with van der Waals surface area (Å²) in [6.07, 6.45) is 13.3. The molecule has 1 amide bonds. The van der Waals surface area contributed by atoms with Crippen molar-refractivity contribution in [1.82, 2.24) is 19.4 Å². The number of carbonyl (C=O) groups is 1. The summed E-state index contributed by atoms with van der Waals surface area (Å²) >= 11 is 0. The average molecular weight is 439 g/mol. The lowest BCUT2D eigenvalue weighted by Gasteiger charge is -2.36. The molecule has 2 aromatic rings. The number of likely N-dealkylation sites (N-methyl/N-ethyl adjacent to an activating group) is 1. The zero-order chi connectivity index (χ0) is 22.3. The van der Waals surface area contributed by atoms with Gasteiger partial charge in [0, 0.05) is 52.1 Å². The molecule has 2 heterocycles. The largest absolute Gasteiger partial charge is 0.343 e. The third-order valence-electron chi connectivity index (χ3n) is 7.76. The van der Waals surface area contributed by atoms with Gasteiger partial charge in [0.05, 0.1) is 11.0 Å². The Kier molecular flexibility index (Phi) is 8.23. The van der Waals surface area contributed by atoms with Crippen molar-refractivity contribution in [1.29, 1.82) is 0 Å². The summed E-state index contributed by atoms with van der Waals surface area (Å²) in [6.45, 7) is 8.91. The summed E-state index contributed by atoms with van der Waals surface area (Å²) in [7, 11) is 0. The van der Waals surface area contributed by atoms with Gasteiger partial charge in [-0.25, -0.2) is 4.98 Å². The average Bonchev–Trinajstić information content (AvgIpc) is 3.14. The second-order valence-corrected chi connectivity index (χ2v) is 9.98. The monoisotopic (exact) mass is 438 g/mol. The Bertz CT molecular complexity index is 860. The predicted molar refractivity (Wildman–Crippen MR) is 132 cm³/mol. The van der Waals surface area contributed by atoms with Crippen LogP contribution < -0.4 is 0 Å². The quantitative estimate of drug-likeness (QED) is 0.578. The first-order chi connectivity index (χ1) is 15.7. The molecule has 5 heteroatoms. The lowest BCUT2D eigenvalue weighted by Crippen LogP contribution is -2.38. The Balaban J connectivity index is 1.42. The van der Waals surface area contributed by atoms with Crippen LogP contribution in [0.4, 0.5) is 0 Å². The van der Waals surface area contributed by atoms with Crippen LogP contribution in [0, 0.1) is 5.92 Å². The first-order valence-electron chi connectivity index (χ1n) is 13.1. The van der Waals surface area contributed by atoms with Crippen molar-refractivity contribution in [3.8, 4) is 0 Å². The Morgan fingerprint density at radius 3 is 2.41 bits per heavy atom. The molecule has 0 bridgehead atoms. The van der Waals surface area contributed by atoms with E-state index in [2.05, 4.69) is 40.7 Å². The summed E-state index contributed by atoms with van der Waals surface area (Å²) in [5.74, 6) is 2.20. The summed E-state index contributed by atoms with van der Waals surface area (Å²) in [5.41, 5.74) is 2.34. The normalized spacial score (nSPS) is 19.7. The fourth-order valence-electron chi connectivity index (χ4n) is 5.90. The summed E-state index contributed by atoms with van der Waals surface area (Å²) in [6, 6.07) is 9.06. The highest BCUT2D eigenvalue weighted by atomic mass is 16.2. The number of likely N-dealkylation sites (tertiary alicyclic amines) is 1. The minimum absolute atomic E-state index is 0.151. The minimum Gasteiger partial charge on any atom is -0.343 e. The Hall–Kier alpha value is -1.88. The van der Waals surface area contributed by atoms with E-state index in [4.69, 9.17) is 4.98 Å². The maximum absolute atomic E-state index is 11.9. The number of carbonyl (C=O) groups excluding carboxylic acids is 1. The number of hydrogen-bond acceptors (Lipinski definition) is 3. The molecule has 176 valence electrons. The molecule has 1 saturated heterocycles. The smallest absolute Gasteiger partial charge is 0.219 e. The van der Waals surface area contributed by atoms with Crippen LogP contribution in [0.25, 0.3) is 11.0 Å². The van der Waals surface area contributed by atoms with Gasteiger partial charge in [0.1, 0.15) is 5.82 Å². The molecule has 2 aliphatic rings. The van der Waals surface area contributed by atoms with Gasteiger partial charge in [0.15, 0.2) is 0 Å². The Morgan fingerprint density at radius 2 is 1.72 bits per heavy atom. The number of para-hydroxylation sites is 2. The predicted octanol–water partition coefficient (Wildman–Crippen LogP) is 5.44. The van der Waals surface area contributed by atoms with E-state index < -0.39 is 0 Å². The van der Waals surface area contributed by atoms with Crippen molar-refractivity contribution in [3.63, 3.8) is 0 Å². The molecule has 0 radical (unpaired) electrons. The molecule has 0 N–H and O–H groups in total. The summed E-state index contributed by atoms with van der Waals surface area (Å²) in [5, 5.41) is 0. The van der Waals surface area contributed by atoms with Crippen LogP contribution >= 0.6 is 0 Å². The number of nitrogens with zero attached hydrogens (tertiary/aromatic N) is 4. The number of amides is 1. The number of fused-ring (bicyclic) bond motifs is 1.